The van der Waals surface area contributed by atoms with E-state index in [0.717, 1.165) is 16.3 Å². The highest BCUT2D eigenvalue weighted by Crippen LogP contribution is 2.38. The van der Waals surface area contributed by atoms with Crippen molar-refractivity contribution >= 4 is 34.0 Å². The first-order chi connectivity index (χ1) is 11.0. The second kappa shape index (κ2) is 5.89. The SMILES string of the molecule is COc1ccc2ccccc2c1[C@H]1NC(=S)NC(C)=C1C(N)=O. The highest BCUT2D eigenvalue weighted by atomic mass is 32.1. The number of hydrogen-bond donors (Lipinski definition) is 3. The molecule has 23 heavy (non-hydrogen) atoms. The van der Waals surface area contributed by atoms with Gasteiger partial charge >= 0.3 is 0 Å². The minimum absolute atomic E-state index is 0.451. The van der Waals surface area contributed by atoms with E-state index in [-0.39, 0.29) is 0 Å². The van der Waals surface area contributed by atoms with E-state index in [1.807, 2.05) is 36.4 Å². The summed E-state index contributed by atoms with van der Waals surface area (Å²) in [6.07, 6.45) is 0. The molecule has 3 rings (SSSR count). The summed E-state index contributed by atoms with van der Waals surface area (Å²) in [5.74, 6) is 0.183. The van der Waals surface area contributed by atoms with Crippen LogP contribution in [-0.4, -0.2) is 18.1 Å². The number of fused-ring (bicyclic) bond motifs is 1. The van der Waals surface area contributed by atoms with Crippen molar-refractivity contribution in [3.63, 3.8) is 0 Å². The molecule has 1 aliphatic rings. The van der Waals surface area contributed by atoms with Crippen LogP contribution in [0.3, 0.4) is 0 Å². The van der Waals surface area contributed by atoms with Crippen LogP contribution in [0.4, 0.5) is 0 Å². The number of primary amides is 1. The van der Waals surface area contributed by atoms with Gasteiger partial charge < -0.3 is 21.1 Å². The van der Waals surface area contributed by atoms with Crippen LogP contribution in [0.15, 0.2) is 47.7 Å². The van der Waals surface area contributed by atoms with Crippen molar-refractivity contribution in [2.24, 2.45) is 5.73 Å². The first-order valence-electron chi connectivity index (χ1n) is 7.16. The Hall–Kier alpha value is -2.60. The Bertz CT molecular complexity index is 845. The van der Waals surface area contributed by atoms with Crippen LogP contribution in [0.2, 0.25) is 0 Å². The van der Waals surface area contributed by atoms with Crippen molar-refractivity contribution in [1.29, 1.82) is 0 Å². The summed E-state index contributed by atoms with van der Waals surface area (Å²) in [7, 11) is 1.60. The Balaban J connectivity index is 2.31. The maximum Gasteiger partial charge on any atom is 0.248 e. The molecule has 0 aliphatic carbocycles. The fraction of sp³-hybridized carbons (Fsp3) is 0.176. The molecule has 6 heteroatoms. The van der Waals surface area contributed by atoms with E-state index in [1.54, 1.807) is 14.0 Å². The van der Waals surface area contributed by atoms with Gasteiger partial charge in [0.1, 0.15) is 5.75 Å². The smallest absolute Gasteiger partial charge is 0.248 e. The Morgan fingerprint density at radius 3 is 2.70 bits per heavy atom. The number of ether oxygens (including phenoxy) is 1. The molecule has 0 radical (unpaired) electrons. The number of hydrogen-bond acceptors (Lipinski definition) is 3. The quantitative estimate of drug-likeness (QED) is 0.753. The van der Waals surface area contributed by atoms with Gasteiger partial charge in [-0.25, -0.2) is 0 Å². The summed E-state index contributed by atoms with van der Waals surface area (Å²) in [6, 6.07) is 11.3. The van der Waals surface area contributed by atoms with E-state index in [9.17, 15) is 4.79 Å². The lowest BCUT2D eigenvalue weighted by Gasteiger charge is -2.31. The Morgan fingerprint density at radius 2 is 2.00 bits per heavy atom. The number of nitrogens with two attached hydrogens (primary N) is 1. The molecule has 0 spiro atoms. The van der Waals surface area contributed by atoms with Gasteiger partial charge in [-0.3, -0.25) is 4.79 Å². The number of nitrogens with one attached hydrogen (secondary N) is 2. The van der Waals surface area contributed by atoms with Crippen LogP contribution in [0.5, 0.6) is 5.75 Å². The molecule has 0 fully saturated rings. The van der Waals surface area contributed by atoms with Gasteiger partial charge in [0.25, 0.3) is 0 Å². The van der Waals surface area contributed by atoms with Crippen molar-refractivity contribution in [3.8, 4) is 5.75 Å². The predicted octanol–water partition coefficient (Wildman–Crippen LogP) is 2.13. The van der Waals surface area contributed by atoms with Crippen molar-refractivity contribution in [2.75, 3.05) is 7.11 Å². The van der Waals surface area contributed by atoms with Crippen LogP contribution < -0.4 is 21.1 Å². The second-order valence-corrected chi connectivity index (χ2v) is 5.75. The number of benzene rings is 2. The normalized spacial score (nSPS) is 17.7. The van der Waals surface area contributed by atoms with Crippen LogP contribution in [0.25, 0.3) is 10.8 Å². The average molecular weight is 327 g/mol. The number of rotatable bonds is 3. The lowest BCUT2D eigenvalue weighted by molar-refractivity contribution is -0.115. The van der Waals surface area contributed by atoms with Crippen LogP contribution in [0, 0.1) is 0 Å². The van der Waals surface area contributed by atoms with E-state index < -0.39 is 11.9 Å². The number of allylic oxidation sites excluding steroid dienone is 1. The van der Waals surface area contributed by atoms with E-state index in [2.05, 4.69) is 10.6 Å². The van der Waals surface area contributed by atoms with Crippen molar-refractivity contribution in [2.45, 2.75) is 13.0 Å². The minimum Gasteiger partial charge on any atom is -0.496 e. The highest BCUT2D eigenvalue weighted by Gasteiger charge is 2.31. The van der Waals surface area contributed by atoms with Gasteiger partial charge in [0.15, 0.2) is 5.11 Å². The molecule has 5 nitrogen and oxygen atoms in total. The zero-order chi connectivity index (χ0) is 16.6. The molecule has 1 heterocycles. The minimum atomic E-state index is -0.495. The third kappa shape index (κ3) is 2.61. The summed E-state index contributed by atoms with van der Waals surface area (Å²) in [6.45, 7) is 1.79. The Labute approximate surface area is 139 Å². The Kier molecular flexibility index (Phi) is 3.92. The number of carbonyl (C=O) groups excluding carboxylic acids is 1. The van der Waals surface area contributed by atoms with E-state index >= 15 is 0 Å². The van der Waals surface area contributed by atoms with E-state index in [0.29, 0.717) is 22.1 Å². The van der Waals surface area contributed by atoms with Crippen molar-refractivity contribution in [1.82, 2.24) is 10.6 Å². The summed E-state index contributed by atoms with van der Waals surface area (Å²) in [5.41, 5.74) is 7.56. The van der Waals surface area contributed by atoms with Crippen molar-refractivity contribution in [3.05, 3.63) is 53.2 Å². The van der Waals surface area contributed by atoms with Crippen LogP contribution >= 0.6 is 12.2 Å². The molecule has 0 bridgehead atoms. The molecular formula is C17H17N3O2S. The van der Waals surface area contributed by atoms with Gasteiger partial charge in [-0.15, -0.1) is 0 Å². The summed E-state index contributed by atoms with van der Waals surface area (Å²) >= 11 is 5.25. The molecule has 118 valence electrons. The number of amides is 1. The molecule has 4 N–H and O–H groups in total. The maximum atomic E-state index is 12.0. The molecule has 1 amide bonds. The topological polar surface area (TPSA) is 76.4 Å². The maximum absolute atomic E-state index is 12.0. The standard InChI is InChI=1S/C17H17N3O2S/c1-9-13(16(18)21)15(20-17(23)19-9)14-11-6-4-3-5-10(11)7-8-12(14)22-2/h3-8,15H,1-2H3,(H2,18,21)(H2,19,20,23)/t15-/m0/s1. The number of thiocarbonyl (C=S) groups is 1. The van der Waals surface area contributed by atoms with Gasteiger partial charge in [0, 0.05) is 11.3 Å². The third-order valence-corrected chi connectivity index (χ3v) is 4.19. The predicted molar refractivity (Wildman–Crippen MR) is 94.0 cm³/mol. The number of carbonyl (C=O) groups is 1. The van der Waals surface area contributed by atoms with Crippen LogP contribution in [0.1, 0.15) is 18.5 Å². The molecule has 1 atom stereocenters. The van der Waals surface area contributed by atoms with Gasteiger partial charge in [-0.05, 0) is 36.0 Å². The molecule has 0 saturated heterocycles. The van der Waals surface area contributed by atoms with Gasteiger partial charge in [-0.1, -0.05) is 30.3 Å². The fourth-order valence-corrected chi connectivity index (χ4v) is 3.26. The monoisotopic (exact) mass is 327 g/mol. The first-order valence-corrected chi connectivity index (χ1v) is 7.57. The molecular weight excluding hydrogens is 310 g/mol. The Morgan fingerprint density at radius 1 is 1.26 bits per heavy atom. The van der Waals surface area contributed by atoms with Crippen LogP contribution in [-0.2, 0) is 4.79 Å². The largest absolute Gasteiger partial charge is 0.496 e. The van der Waals surface area contributed by atoms with Crippen molar-refractivity contribution < 1.29 is 9.53 Å². The third-order valence-electron chi connectivity index (χ3n) is 3.97. The fourth-order valence-electron chi connectivity index (χ4n) is 2.99. The molecule has 0 saturated carbocycles. The van der Waals surface area contributed by atoms with Gasteiger partial charge in [0.2, 0.25) is 5.91 Å². The zero-order valence-electron chi connectivity index (χ0n) is 12.8. The van der Waals surface area contributed by atoms with Gasteiger partial charge in [0.05, 0.1) is 18.7 Å². The summed E-state index contributed by atoms with van der Waals surface area (Å²) in [5, 5.41) is 8.59. The first kappa shape index (κ1) is 15.3. The molecule has 0 aromatic heterocycles. The summed E-state index contributed by atoms with van der Waals surface area (Å²) < 4.78 is 5.53. The second-order valence-electron chi connectivity index (χ2n) is 5.34. The van der Waals surface area contributed by atoms with E-state index in [1.165, 1.54) is 0 Å². The molecule has 2 aromatic carbocycles. The molecule has 0 unspecified atom stereocenters. The van der Waals surface area contributed by atoms with Gasteiger partial charge in [-0.2, -0.15) is 0 Å². The van der Waals surface area contributed by atoms with E-state index in [4.69, 9.17) is 22.7 Å². The lowest BCUT2D eigenvalue weighted by Crippen LogP contribution is -2.46. The highest BCUT2D eigenvalue weighted by molar-refractivity contribution is 7.80. The molecule has 2 aromatic rings. The zero-order valence-corrected chi connectivity index (χ0v) is 13.7. The molecule has 1 aliphatic heterocycles. The lowest BCUT2D eigenvalue weighted by atomic mass is 9.90. The average Bonchev–Trinajstić information content (AvgIpc) is 2.52. The summed E-state index contributed by atoms with van der Waals surface area (Å²) in [4.78, 5) is 12.0. The number of methoxy groups -OCH3 is 1.